The molecule has 0 aliphatic heterocycles. The minimum atomic E-state index is -0.185. The van der Waals surface area contributed by atoms with Crippen LogP contribution in [-0.4, -0.2) is 27.3 Å². The van der Waals surface area contributed by atoms with Gasteiger partial charge in [0.15, 0.2) is 0 Å². The number of thiazole rings is 1. The number of urea groups is 1. The number of carbonyl (C=O) groups is 1. The van der Waals surface area contributed by atoms with Crippen molar-refractivity contribution in [1.82, 2.24) is 20.1 Å². The minimum Gasteiger partial charge on any atom is -0.338 e. The summed E-state index contributed by atoms with van der Waals surface area (Å²) >= 11 is 1.67. The predicted octanol–water partition coefficient (Wildman–Crippen LogP) is 3.60. The number of aryl methyl sites for hydroxylation is 3. The smallest absolute Gasteiger partial charge is 0.319 e. The normalized spacial score (nSPS) is 11.0. The van der Waals surface area contributed by atoms with Crippen molar-refractivity contribution in [3.63, 3.8) is 0 Å². The first-order chi connectivity index (χ1) is 10.9. The fourth-order valence-corrected chi connectivity index (χ4v) is 3.28. The van der Waals surface area contributed by atoms with Gasteiger partial charge in [0, 0.05) is 30.1 Å². The van der Waals surface area contributed by atoms with Gasteiger partial charge >= 0.3 is 6.03 Å². The van der Waals surface area contributed by atoms with Gasteiger partial charge in [0.25, 0.3) is 0 Å². The Bertz CT molecular complexity index is 674. The first-order valence-electron chi connectivity index (χ1n) is 7.90. The third-order valence-electron chi connectivity index (χ3n) is 3.57. The van der Waals surface area contributed by atoms with Crippen LogP contribution in [0.4, 0.5) is 10.5 Å². The largest absolute Gasteiger partial charge is 0.338 e. The van der Waals surface area contributed by atoms with Gasteiger partial charge in [-0.2, -0.15) is 5.10 Å². The van der Waals surface area contributed by atoms with Crippen LogP contribution in [0.5, 0.6) is 0 Å². The van der Waals surface area contributed by atoms with Gasteiger partial charge in [0.05, 0.1) is 22.1 Å². The van der Waals surface area contributed by atoms with E-state index in [0.29, 0.717) is 6.54 Å². The Morgan fingerprint density at radius 2 is 2.09 bits per heavy atom. The molecule has 2 rings (SSSR count). The molecule has 0 saturated heterocycles. The Balaban J connectivity index is 1.81. The SMILES string of the molecule is Cc1csc(CCCNC(=O)Nc2c(C)nn(C(C)C)c2C)n1. The van der Waals surface area contributed by atoms with Gasteiger partial charge in [-0.1, -0.05) is 0 Å². The summed E-state index contributed by atoms with van der Waals surface area (Å²) in [6.45, 7) is 10.6. The molecule has 6 nitrogen and oxygen atoms in total. The molecule has 2 N–H and O–H groups in total. The van der Waals surface area contributed by atoms with Gasteiger partial charge in [0.2, 0.25) is 0 Å². The van der Waals surface area contributed by atoms with Crippen molar-refractivity contribution >= 4 is 23.1 Å². The van der Waals surface area contributed by atoms with Gasteiger partial charge in [-0.3, -0.25) is 4.68 Å². The average Bonchev–Trinajstić information content (AvgIpc) is 3.02. The van der Waals surface area contributed by atoms with E-state index in [-0.39, 0.29) is 12.1 Å². The topological polar surface area (TPSA) is 71.8 Å². The number of carbonyl (C=O) groups excluding carboxylic acids is 1. The van der Waals surface area contributed by atoms with Crippen molar-refractivity contribution in [1.29, 1.82) is 0 Å². The summed E-state index contributed by atoms with van der Waals surface area (Å²) in [7, 11) is 0. The number of hydrogen-bond donors (Lipinski definition) is 2. The number of rotatable bonds is 6. The molecular formula is C16H25N5OS. The number of aromatic nitrogens is 3. The summed E-state index contributed by atoms with van der Waals surface area (Å²) in [5.74, 6) is 0. The predicted molar refractivity (Wildman–Crippen MR) is 94.3 cm³/mol. The van der Waals surface area contributed by atoms with Crippen molar-refractivity contribution in [2.75, 3.05) is 11.9 Å². The lowest BCUT2D eigenvalue weighted by atomic mass is 10.3. The van der Waals surface area contributed by atoms with E-state index in [2.05, 4.69) is 34.6 Å². The number of anilines is 1. The second-order valence-electron chi connectivity index (χ2n) is 5.95. The fraction of sp³-hybridized carbons (Fsp3) is 0.562. The second-order valence-corrected chi connectivity index (χ2v) is 6.89. The highest BCUT2D eigenvalue weighted by Crippen LogP contribution is 2.22. The lowest BCUT2D eigenvalue weighted by molar-refractivity contribution is 0.252. The van der Waals surface area contributed by atoms with Crippen LogP contribution in [0, 0.1) is 20.8 Å². The molecule has 0 aliphatic carbocycles. The van der Waals surface area contributed by atoms with Crippen molar-refractivity contribution in [3.8, 4) is 0 Å². The lowest BCUT2D eigenvalue weighted by Gasteiger charge is -2.10. The maximum atomic E-state index is 12.0. The second kappa shape index (κ2) is 7.59. The monoisotopic (exact) mass is 335 g/mol. The Labute approximate surface area is 141 Å². The van der Waals surface area contributed by atoms with E-state index in [4.69, 9.17) is 0 Å². The molecule has 23 heavy (non-hydrogen) atoms. The van der Waals surface area contributed by atoms with Crippen LogP contribution in [0.1, 0.15) is 48.4 Å². The highest BCUT2D eigenvalue weighted by atomic mass is 32.1. The molecule has 2 heterocycles. The van der Waals surface area contributed by atoms with Gasteiger partial charge in [-0.15, -0.1) is 11.3 Å². The molecule has 0 saturated carbocycles. The summed E-state index contributed by atoms with van der Waals surface area (Å²) in [5, 5.41) is 13.4. The van der Waals surface area contributed by atoms with E-state index in [1.165, 1.54) is 0 Å². The maximum absolute atomic E-state index is 12.0. The molecule has 0 fully saturated rings. The molecule has 0 aliphatic rings. The molecule has 0 unspecified atom stereocenters. The van der Waals surface area contributed by atoms with E-state index >= 15 is 0 Å². The average molecular weight is 335 g/mol. The highest BCUT2D eigenvalue weighted by molar-refractivity contribution is 7.09. The number of amides is 2. The van der Waals surface area contributed by atoms with Crippen LogP contribution < -0.4 is 10.6 Å². The fourth-order valence-electron chi connectivity index (χ4n) is 2.46. The molecule has 2 aromatic heterocycles. The van der Waals surface area contributed by atoms with E-state index in [9.17, 15) is 4.79 Å². The van der Waals surface area contributed by atoms with Gasteiger partial charge in [-0.25, -0.2) is 9.78 Å². The first kappa shape index (κ1) is 17.5. The van der Waals surface area contributed by atoms with Crippen molar-refractivity contribution in [2.24, 2.45) is 0 Å². The van der Waals surface area contributed by atoms with Crippen LogP contribution in [0.15, 0.2) is 5.38 Å². The van der Waals surface area contributed by atoms with Crippen LogP contribution in [-0.2, 0) is 6.42 Å². The summed E-state index contributed by atoms with van der Waals surface area (Å²) < 4.78 is 1.93. The molecule has 0 atom stereocenters. The summed E-state index contributed by atoms with van der Waals surface area (Å²) in [5.41, 5.74) is 3.67. The Morgan fingerprint density at radius 3 is 2.65 bits per heavy atom. The summed E-state index contributed by atoms with van der Waals surface area (Å²) in [6.07, 6.45) is 1.77. The number of hydrogen-bond acceptors (Lipinski definition) is 4. The lowest BCUT2D eigenvalue weighted by Crippen LogP contribution is -2.30. The molecule has 0 radical (unpaired) electrons. The van der Waals surface area contributed by atoms with Crippen molar-refractivity contribution in [2.45, 2.75) is 53.5 Å². The molecule has 0 spiro atoms. The zero-order valence-corrected chi connectivity index (χ0v) is 15.3. The molecule has 0 bridgehead atoms. The van der Waals surface area contributed by atoms with Crippen LogP contribution in [0.3, 0.4) is 0 Å². The van der Waals surface area contributed by atoms with Crippen molar-refractivity contribution in [3.05, 3.63) is 27.5 Å². The van der Waals surface area contributed by atoms with E-state index in [1.54, 1.807) is 11.3 Å². The molecule has 0 aromatic carbocycles. The standard InChI is InChI=1S/C16H25N5OS/c1-10(2)21-13(5)15(12(4)20-21)19-16(22)17-8-6-7-14-18-11(3)9-23-14/h9-10H,6-8H2,1-5H3,(H2,17,19,22). The van der Waals surface area contributed by atoms with E-state index in [0.717, 1.165) is 40.6 Å². The number of nitrogens with one attached hydrogen (secondary N) is 2. The number of nitrogens with zero attached hydrogens (tertiary/aromatic N) is 3. The maximum Gasteiger partial charge on any atom is 0.319 e. The van der Waals surface area contributed by atoms with Crippen LogP contribution >= 0.6 is 11.3 Å². The summed E-state index contributed by atoms with van der Waals surface area (Å²) in [4.78, 5) is 16.5. The van der Waals surface area contributed by atoms with E-state index < -0.39 is 0 Å². The summed E-state index contributed by atoms with van der Waals surface area (Å²) in [6, 6.07) is 0.0869. The third kappa shape index (κ3) is 4.54. The Hall–Kier alpha value is -1.89. The first-order valence-corrected chi connectivity index (χ1v) is 8.78. The molecule has 2 amide bonds. The quantitative estimate of drug-likeness (QED) is 0.792. The van der Waals surface area contributed by atoms with Crippen molar-refractivity contribution < 1.29 is 4.79 Å². The van der Waals surface area contributed by atoms with Crippen LogP contribution in [0.2, 0.25) is 0 Å². The Morgan fingerprint density at radius 1 is 1.35 bits per heavy atom. The van der Waals surface area contributed by atoms with Gasteiger partial charge in [-0.05, 0) is 41.0 Å². The van der Waals surface area contributed by atoms with Crippen LogP contribution in [0.25, 0.3) is 0 Å². The molecular weight excluding hydrogens is 310 g/mol. The zero-order chi connectivity index (χ0) is 17.0. The van der Waals surface area contributed by atoms with E-state index in [1.807, 2.05) is 30.8 Å². The molecule has 7 heteroatoms. The van der Waals surface area contributed by atoms with Gasteiger partial charge in [0.1, 0.15) is 0 Å². The minimum absolute atomic E-state index is 0.185. The Kier molecular flexibility index (Phi) is 5.76. The third-order valence-corrected chi connectivity index (χ3v) is 4.60. The molecule has 126 valence electrons. The highest BCUT2D eigenvalue weighted by Gasteiger charge is 2.15. The molecule has 2 aromatic rings. The van der Waals surface area contributed by atoms with Gasteiger partial charge < -0.3 is 10.6 Å². The zero-order valence-electron chi connectivity index (χ0n) is 14.4.